The molecule has 1 aliphatic carbocycles. The lowest BCUT2D eigenvalue weighted by Crippen LogP contribution is -2.51. The van der Waals surface area contributed by atoms with Crippen LogP contribution < -0.4 is 5.19 Å². The maximum absolute atomic E-state index is 2.40. The standard InChI is InChI=1S/C16H21Si/c1-4-17(5-2,15-9-7-6-8-10-15)16-12-11-14(3)13-16/h6-13H,4-5H2,1-3H3. The summed E-state index contributed by atoms with van der Waals surface area (Å²) in [5.74, 6) is 0. The first kappa shape index (κ1) is 12.4. The molecule has 0 bridgehead atoms. The molecule has 2 rings (SSSR count). The summed E-state index contributed by atoms with van der Waals surface area (Å²) in [7, 11) is -1.47. The third-order valence-corrected chi connectivity index (χ3v) is 9.26. The SMILES string of the molecule is CC[Si](CC)([C]1C=CC(C)=C1)c1ccccc1. The largest absolute Gasteiger partial charge is 0.101 e. The summed E-state index contributed by atoms with van der Waals surface area (Å²) in [6.07, 6.45) is 7.00. The maximum Gasteiger partial charge on any atom is 0.101 e. The summed E-state index contributed by atoms with van der Waals surface area (Å²) in [4.78, 5) is 0. The van der Waals surface area contributed by atoms with E-state index in [-0.39, 0.29) is 0 Å². The van der Waals surface area contributed by atoms with E-state index in [2.05, 4.69) is 69.3 Å². The number of benzene rings is 1. The summed E-state index contributed by atoms with van der Waals surface area (Å²) in [5, 5.41) is 1.58. The van der Waals surface area contributed by atoms with Crippen molar-refractivity contribution < 1.29 is 0 Å². The Balaban J connectivity index is 2.43. The summed E-state index contributed by atoms with van der Waals surface area (Å²) in [6.45, 7) is 6.90. The van der Waals surface area contributed by atoms with Gasteiger partial charge in [-0.3, -0.25) is 0 Å². The molecule has 0 heterocycles. The maximum atomic E-state index is 2.40. The third kappa shape index (κ3) is 2.16. The van der Waals surface area contributed by atoms with E-state index in [1.54, 1.807) is 10.7 Å². The van der Waals surface area contributed by atoms with Gasteiger partial charge in [0, 0.05) is 5.54 Å². The molecule has 0 aromatic heterocycles. The Labute approximate surface area is 106 Å². The van der Waals surface area contributed by atoms with Crippen LogP contribution >= 0.6 is 0 Å². The van der Waals surface area contributed by atoms with Gasteiger partial charge < -0.3 is 0 Å². The molecular formula is C16H21Si. The lowest BCUT2D eigenvalue weighted by atomic mass is 10.3. The van der Waals surface area contributed by atoms with Crippen molar-refractivity contribution >= 4 is 13.3 Å². The van der Waals surface area contributed by atoms with Gasteiger partial charge in [-0.1, -0.05) is 85.3 Å². The molecule has 89 valence electrons. The highest BCUT2D eigenvalue weighted by molar-refractivity contribution is 6.97. The van der Waals surface area contributed by atoms with Crippen molar-refractivity contribution in [3.05, 3.63) is 59.7 Å². The molecule has 0 spiro atoms. The Hall–Kier alpha value is -1.08. The van der Waals surface area contributed by atoms with Gasteiger partial charge in [0.1, 0.15) is 8.07 Å². The van der Waals surface area contributed by atoms with E-state index in [1.165, 1.54) is 17.7 Å². The molecular weight excluding hydrogens is 220 g/mol. The highest BCUT2D eigenvalue weighted by Crippen LogP contribution is 2.33. The molecule has 0 saturated heterocycles. The van der Waals surface area contributed by atoms with Crippen LogP contribution in [0.5, 0.6) is 0 Å². The van der Waals surface area contributed by atoms with Gasteiger partial charge in [-0.25, -0.2) is 0 Å². The van der Waals surface area contributed by atoms with Crippen LogP contribution in [-0.4, -0.2) is 8.07 Å². The van der Waals surface area contributed by atoms with Crippen LogP contribution in [0.4, 0.5) is 0 Å². The van der Waals surface area contributed by atoms with Crippen LogP contribution in [0, 0.1) is 5.54 Å². The van der Waals surface area contributed by atoms with Gasteiger partial charge in [-0.2, -0.15) is 0 Å². The molecule has 0 N–H and O–H groups in total. The fourth-order valence-electron chi connectivity index (χ4n) is 2.85. The molecule has 0 nitrogen and oxygen atoms in total. The van der Waals surface area contributed by atoms with E-state index in [4.69, 9.17) is 0 Å². The molecule has 1 heteroatoms. The smallest absolute Gasteiger partial charge is 0.0757 e. The molecule has 1 aromatic carbocycles. The minimum atomic E-state index is -1.47. The van der Waals surface area contributed by atoms with Gasteiger partial charge in [0.25, 0.3) is 0 Å². The Morgan fingerprint density at radius 3 is 2.06 bits per heavy atom. The topological polar surface area (TPSA) is 0 Å². The van der Waals surface area contributed by atoms with E-state index in [0.29, 0.717) is 0 Å². The van der Waals surface area contributed by atoms with Crippen molar-refractivity contribution in [2.75, 3.05) is 0 Å². The minimum absolute atomic E-state index is 1.29. The predicted molar refractivity (Wildman–Crippen MR) is 78.9 cm³/mol. The number of rotatable bonds is 4. The molecule has 0 amide bonds. The van der Waals surface area contributed by atoms with E-state index in [1.807, 2.05) is 0 Å². The summed E-state index contributed by atoms with van der Waals surface area (Å²) in [6, 6.07) is 13.7. The lowest BCUT2D eigenvalue weighted by Gasteiger charge is -2.34. The van der Waals surface area contributed by atoms with Gasteiger partial charge in [-0.15, -0.1) is 0 Å². The van der Waals surface area contributed by atoms with E-state index < -0.39 is 8.07 Å². The average Bonchev–Trinajstić information content (AvgIpc) is 2.80. The lowest BCUT2D eigenvalue weighted by molar-refractivity contribution is 1.24. The number of hydrogen-bond acceptors (Lipinski definition) is 0. The van der Waals surface area contributed by atoms with Crippen molar-refractivity contribution in [2.45, 2.75) is 32.9 Å². The zero-order chi connectivity index (χ0) is 12.3. The van der Waals surface area contributed by atoms with Crippen LogP contribution in [-0.2, 0) is 0 Å². The Morgan fingerprint density at radius 1 is 0.941 bits per heavy atom. The molecule has 0 unspecified atom stereocenters. The second kappa shape index (κ2) is 5.05. The Kier molecular flexibility index (Phi) is 3.68. The number of hydrogen-bond donors (Lipinski definition) is 0. The van der Waals surface area contributed by atoms with Gasteiger partial charge >= 0.3 is 0 Å². The van der Waals surface area contributed by atoms with E-state index in [0.717, 1.165) is 0 Å². The highest BCUT2D eigenvalue weighted by atomic mass is 28.3. The van der Waals surface area contributed by atoms with Crippen molar-refractivity contribution in [1.82, 2.24) is 0 Å². The molecule has 0 atom stereocenters. The fraction of sp³-hybridized carbons (Fsp3) is 0.312. The van der Waals surface area contributed by atoms with Gasteiger partial charge in [0.05, 0.1) is 0 Å². The van der Waals surface area contributed by atoms with Crippen LogP contribution in [0.25, 0.3) is 0 Å². The zero-order valence-corrected chi connectivity index (χ0v) is 12.0. The third-order valence-electron chi connectivity index (χ3n) is 4.00. The van der Waals surface area contributed by atoms with Crippen LogP contribution in [0.3, 0.4) is 0 Å². The molecule has 0 aliphatic heterocycles. The molecule has 17 heavy (non-hydrogen) atoms. The Bertz CT molecular complexity index is 424. The van der Waals surface area contributed by atoms with Crippen LogP contribution in [0.2, 0.25) is 12.1 Å². The van der Waals surface area contributed by atoms with E-state index >= 15 is 0 Å². The van der Waals surface area contributed by atoms with E-state index in [9.17, 15) is 0 Å². The zero-order valence-electron chi connectivity index (χ0n) is 11.0. The predicted octanol–water partition coefficient (Wildman–Crippen LogP) is 4.01. The quantitative estimate of drug-likeness (QED) is 0.699. The summed E-state index contributed by atoms with van der Waals surface area (Å²) in [5.41, 5.74) is 3.00. The molecule has 0 fully saturated rings. The first-order chi connectivity index (χ1) is 8.23. The van der Waals surface area contributed by atoms with Crippen molar-refractivity contribution in [3.63, 3.8) is 0 Å². The van der Waals surface area contributed by atoms with Crippen molar-refractivity contribution in [2.24, 2.45) is 0 Å². The van der Waals surface area contributed by atoms with Crippen molar-refractivity contribution in [1.29, 1.82) is 0 Å². The normalized spacial score (nSPS) is 16.3. The first-order valence-corrected chi connectivity index (χ1v) is 8.93. The second-order valence-electron chi connectivity index (χ2n) is 4.83. The average molecular weight is 241 g/mol. The van der Waals surface area contributed by atoms with Gasteiger partial charge in [0.15, 0.2) is 0 Å². The van der Waals surface area contributed by atoms with Crippen molar-refractivity contribution in [3.8, 4) is 0 Å². The van der Waals surface area contributed by atoms with Crippen LogP contribution in [0.15, 0.2) is 54.1 Å². The van der Waals surface area contributed by atoms with Gasteiger partial charge in [-0.05, 0) is 6.92 Å². The van der Waals surface area contributed by atoms with Crippen LogP contribution in [0.1, 0.15) is 20.8 Å². The monoisotopic (exact) mass is 241 g/mol. The molecule has 1 aromatic rings. The molecule has 1 radical (unpaired) electrons. The fourth-order valence-corrected chi connectivity index (χ4v) is 7.05. The highest BCUT2D eigenvalue weighted by Gasteiger charge is 2.38. The second-order valence-corrected chi connectivity index (χ2v) is 9.57. The van der Waals surface area contributed by atoms with Gasteiger partial charge in [0.2, 0.25) is 0 Å². The Morgan fingerprint density at radius 2 is 1.59 bits per heavy atom. The number of allylic oxidation sites excluding steroid dienone is 4. The summed E-state index contributed by atoms with van der Waals surface area (Å²) >= 11 is 0. The minimum Gasteiger partial charge on any atom is -0.0757 e. The first-order valence-electron chi connectivity index (χ1n) is 6.52. The summed E-state index contributed by atoms with van der Waals surface area (Å²) < 4.78 is 0. The molecule has 1 aliphatic rings. The molecule has 0 saturated carbocycles.